The van der Waals surface area contributed by atoms with Crippen LogP contribution in [0.1, 0.15) is 77.5 Å². The summed E-state index contributed by atoms with van der Waals surface area (Å²) in [4.78, 5) is 53.6. The van der Waals surface area contributed by atoms with E-state index in [1.165, 1.54) is 6.07 Å². The number of ether oxygens (including phenoxy) is 1. The highest BCUT2D eigenvalue weighted by atomic mass is 16.5. The molecule has 0 spiro atoms. The predicted octanol–water partition coefficient (Wildman–Crippen LogP) is 1.97. The minimum atomic E-state index is -1.38. The maximum Gasteiger partial charge on any atom is 0.339 e. The summed E-state index contributed by atoms with van der Waals surface area (Å²) < 4.78 is 5.03. The molecule has 6 N–H and O–H groups in total. The third-order valence-corrected chi connectivity index (χ3v) is 3.48. The first-order valence-electron chi connectivity index (χ1n) is 10.1. The standard InChI is InChI=1S/C14H16O6.C6H10O4.C2H6O2/c1-14(2,3)7-20-13(19)9-5-4-8(11(15)16)6-10(9)12(17)18;7-5(8)3-1-2-4-6(9)10;3-1-2-4/h4-6H,7H2,1-3H3,(H,15,16)(H,17,18);1-4H2,(H,7,8)(H,9,10);3-4H,1-2H2. The summed E-state index contributed by atoms with van der Waals surface area (Å²) in [5.41, 5.74) is -0.995. The summed E-state index contributed by atoms with van der Waals surface area (Å²) in [6.07, 6.45) is 1.02. The van der Waals surface area contributed by atoms with E-state index in [4.69, 9.17) is 35.4 Å². The molecule has 34 heavy (non-hydrogen) atoms. The summed E-state index contributed by atoms with van der Waals surface area (Å²) in [7, 11) is 0. The van der Waals surface area contributed by atoms with Crippen molar-refractivity contribution in [3.05, 3.63) is 34.9 Å². The first kappa shape index (κ1) is 32.7. The third kappa shape index (κ3) is 17.1. The molecule has 12 heteroatoms. The van der Waals surface area contributed by atoms with E-state index in [1.54, 1.807) is 0 Å². The van der Waals surface area contributed by atoms with Crippen LogP contribution in [0.25, 0.3) is 0 Å². The van der Waals surface area contributed by atoms with E-state index in [9.17, 15) is 24.0 Å². The van der Waals surface area contributed by atoms with Crippen molar-refractivity contribution in [2.75, 3.05) is 19.8 Å². The summed E-state index contributed by atoms with van der Waals surface area (Å²) >= 11 is 0. The molecule has 1 rings (SSSR count). The highest BCUT2D eigenvalue weighted by Gasteiger charge is 2.22. The number of esters is 1. The number of carbonyl (C=O) groups is 5. The second-order valence-corrected chi connectivity index (χ2v) is 7.95. The van der Waals surface area contributed by atoms with Crippen LogP contribution in [-0.2, 0) is 14.3 Å². The SMILES string of the molecule is CC(C)(C)COC(=O)c1ccc(C(=O)O)cc1C(=O)O.O=C(O)CCCCC(=O)O.OCCO. The van der Waals surface area contributed by atoms with E-state index in [0.717, 1.165) is 12.1 Å². The predicted molar refractivity (Wildman–Crippen MR) is 118 cm³/mol. The fourth-order valence-corrected chi connectivity index (χ4v) is 1.94. The highest BCUT2D eigenvalue weighted by molar-refractivity contribution is 6.04. The molecule has 0 saturated heterocycles. The van der Waals surface area contributed by atoms with Crippen LogP contribution in [0.3, 0.4) is 0 Å². The minimum Gasteiger partial charge on any atom is -0.481 e. The molecule has 1 aromatic rings. The van der Waals surface area contributed by atoms with Gasteiger partial charge in [0.2, 0.25) is 0 Å². The first-order chi connectivity index (χ1) is 15.7. The molecule has 0 unspecified atom stereocenters. The summed E-state index contributed by atoms with van der Waals surface area (Å²) in [6.45, 7) is 5.48. The number of carbonyl (C=O) groups excluding carboxylic acids is 1. The Labute approximate surface area is 196 Å². The average molecular weight is 488 g/mol. The van der Waals surface area contributed by atoms with E-state index in [2.05, 4.69) is 0 Å². The quantitative estimate of drug-likeness (QED) is 0.206. The van der Waals surface area contributed by atoms with Crippen molar-refractivity contribution in [1.82, 2.24) is 0 Å². The number of rotatable bonds is 10. The number of aliphatic hydroxyl groups is 2. The van der Waals surface area contributed by atoms with E-state index in [1.807, 2.05) is 20.8 Å². The Morgan fingerprint density at radius 2 is 1.24 bits per heavy atom. The second-order valence-electron chi connectivity index (χ2n) is 7.95. The van der Waals surface area contributed by atoms with Crippen molar-refractivity contribution in [3.8, 4) is 0 Å². The van der Waals surface area contributed by atoms with E-state index in [0.29, 0.717) is 12.8 Å². The molecule has 0 amide bonds. The lowest BCUT2D eigenvalue weighted by Crippen LogP contribution is -2.20. The van der Waals surface area contributed by atoms with Crippen LogP contribution in [0, 0.1) is 5.41 Å². The number of aromatic carboxylic acids is 2. The molecule has 0 atom stereocenters. The summed E-state index contributed by atoms with van der Waals surface area (Å²) in [6, 6.07) is 3.26. The largest absolute Gasteiger partial charge is 0.481 e. The molecule has 0 aliphatic carbocycles. The van der Waals surface area contributed by atoms with E-state index >= 15 is 0 Å². The lowest BCUT2D eigenvalue weighted by molar-refractivity contribution is -0.139. The lowest BCUT2D eigenvalue weighted by atomic mass is 9.98. The molecule has 0 radical (unpaired) electrons. The Morgan fingerprint density at radius 3 is 1.56 bits per heavy atom. The molecular formula is C22H32O12. The minimum absolute atomic E-state index is 0.0628. The normalized spacial score (nSPS) is 10.0. The molecule has 1 aromatic carbocycles. The summed E-state index contributed by atoms with van der Waals surface area (Å²) in [5.74, 6) is -5.16. The van der Waals surface area contributed by atoms with Gasteiger partial charge in [-0.3, -0.25) is 9.59 Å². The first-order valence-corrected chi connectivity index (χ1v) is 10.1. The Hall–Kier alpha value is -3.51. The van der Waals surface area contributed by atoms with Crippen LogP contribution < -0.4 is 0 Å². The van der Waals surface area contributed by atoms with Gasteiger partial charge in [0.25, 0.3) is 0 Å². The van der Waals surface area contributed by atoms with Crippen molar-refractivity contribution in [2.45, 2.75) is 46.5 Å². The van der Waals surface area contributed by atoms with Crippen molar-refractivity contribution in [2.24, 2.45) is 5.41 Å². The number of hydrogen-bond donors (Lipinski definition) is 6. The van der Waals surface area contributed by atoms with Crippen LogP contribution in [0.5, 0.6) is 0 Å². The Balaban J connectivity index is 0. The van der Waals surface area contributed by atoms with Crippen LogP contribution in [0.15, 0.2) is 18.2 Å². The fourth-order valence-electron chi connectivity index (χ4n) is 1.94. The van der Waals surface area contributed by atoms with Gasteiger partial charge in [0, 0.05) is 12.8 Å². The Morgan fingerprint density at radius 1 is 0.765 bits per heavy atom. The zero-order valence-corrected chi connectivity index (χ0v) is 19.3. The fraction of sp³-hybridized carbons (Fsp3) is 0.500. The van der Waals surface area contributed by atoms with Gasteiger partial charge in [0.05, 0.1) is 36.5 Å². The van der Waals surface area contributed by atoms with E-state index < -0.39 is 29.8 Å². The molecule has 0 saturated carbocycles. The van der Waals surface area contributed by atoms with Crippen LogP contribution in [-0.4, -0.2) is 80.3 Å². The van der Waals surface area contributed by atoms with Gasteiger partial charge in [-0.15, -0.1) is 0 Å². The number of aliphatic hydroxyl groups excluding tert-OH is 2. The second kappa shape index (κ2) is 17.0. The zero-order chi connectivity index (χ0) is 26.9. The maximum atomic E-state index is 11.9. The molecular weight excluding hydrogens is 456 g/mol. The van der Waals surface area contributed by atoms with Crippen LogP contribution in [0.4, 0.5) is 0 Å². The third-order valence-electron chi connectivity index (χ3n) is 3.48. The van der Waals surface area contributed by atoms with Gasteiger partial charge in [0.15, 0.2) is 0 Å². The average Bonchev–Trinajstić information content (AvgIpc) is 2.74. The number of carboxylic acid groups (broad SMARTS) is 4. The molecule has 0 bridgehead atoms. The van der Waals surface area contributed by atoms with Crippen LogP contribution >= 0.6 is 0 Å². The van der Waals surface area contributed by atoms with Gasteiger partial charge in [0.1, 0.15) is 0 Å². The summed E-state index contributed by atoms with van der Waals surface area (Å²) in [5, 5.41) is 49.4. The molecule has 0 aromatic heterocycles. The number of hydrogen-bond acceptors (Lipinski definition) is 8. The smallest absolute Gasteiger partial charge is 0.339 e. The van der Waals surface area contributed by atoms with Gasteiger partial charge in [-0.25, -0.2) is 14.4 Å². The van der Waals surface area contributed by atoms with Gasteiger partial charge in [-0.2, -0.15) is 0 Å². The number of benzene rings is 1. The van der Waals surface area contributed by atoms with Crippen LogP contribution in [0.2, 0.25) is 0 Å². The topological polar surface area (TPSA) is 216 Å². The van der Waals surface area contributed by atoms with Gasteiger partial charge < -0.3 is 35.4 Å². The number of unbranched alkanes of at least 4 members (excludes halogenated alkanes) is 1. The van der Waals surface area contributed by atoms with Crippen molar-refractivity contribution >= 4 is 29.8 Å². The van der Waals surface area contributed by atoms with Crippen molar-refractivity contribution in [1.29, 1.82) is 0 Å². The monoisotopic (exact) mass is 488 g/mol. The van der Waals surface area contributed by atoms with Crippen molar-refractivity contribution in [3.63, 3.8) is 0 Å². The lowest BCUT2D eigenvalue weighted by Gasteiger charge is -2.18. The Kier molecular flexibility index (Phi) is 16.4. The molecule has 0 aliphatic heterocycles. The molecule has 0 heterocycles. The number of aliphatic carboxylic acids is 2. The van der Waals surface area contributed by atoms with Gasteiger partial charge in [-0.05, 0) is 36.5 Å². The van der Waals surface area contributed by atoms with Gasteiger partial charge in [-0.1, -0.05) is 20.8 Å². The molecule has 0 aliphatic rings. The molecule has 12 nitrogen and oxygen atoms in total. The highest BCUT2D eigenvalue weighted by Crippen LogP contribution is 2.17. The molecule has 0 fully saturated rings. The van der Waals surface area contributed by atoms with Gasteiger partial charge >= 0.3 is 29.8 Å². The number of carboxylic acids is 4. The van der Waals surface area contributed by atoms with E-state index in [-0.39, 0.29) is 54.8 Å². The zero-order valence-electron chi connectivity index (χ0n) is 19.3. The van der Waals surface area contributed by atoms with Crippen molar-refractivity contribution < 1.29 is 59.3 Å². The maximum absolute atomic E-state index is 11.9. The Bertz CT molecular complexity index is 806. The molecule has 192 valence electrons.